The summed E-state index contributed by atoms with van der Waals surface area (Å²) in [6.07, 6.45) is 3.50. The van der Waals surface area contributed by atoms with Gasteiger partial charge in [0.05, 0.1) is 4.92 Å². The highest BCUT2D eigenvalue weighted by atomic mass is 32.1. The second kappa shape index (κ2) is 3.44. The Morgan fingerprint density at radius 2 is 2.23 bits per heavy atom. The van der Waals surface area contributed by atoms with E-state index in [9.17, 15) is 14.9 Å². The molecule has 68 valence electrons. The van der Waals surface area contributed by atoms with E-state index in [1.807, 2.05) is 0 Å². The monoisotopic (exact) mass is 199 g/mol. The number of carboxylic acid groups (broad SMARTS) is 1. The number of nitro groups is 1. The van der Waals surface area contributed by atoms with Crippen LogP contribution in [0.4, 0.5) is 0 Å². The van der Waals surface area contributed by atoms with Gasteiger partial charge >= 0.3 is 5.97 Å². The Morgan fingerprint density at radius 3 is 2.69 bits per heavy atom. The van der Waals surface area contributed by atoms with E-state index in [0.29, 0.717) is 0 Å². The van der Waals surface area contributed by atoms with Crippen LogP contribution in [-0.4, -0.2) is 20.9 Å². The summed E-state index contributed by atoms with van der Waals surface area (Å²) < 4.78 is 0. The number of hydrogen-bond acceptors (Lipinski definition) is 4. The van der Waals surface area contributed by atoms with Crippen LogP contribution < -0.4 is 0 Å². The molecule has 0 amide bonds. The number of rotatable bonds is 2. The van der Waals surface area contributed by atoms with Gasteiger partial charge in [0.15, 0.2) is 0 Å². The quantitative estimate of drug-likeness (QED) is 0.404. The first-order chi connectivity index (χ1) is 6.02. The molecule has 0 aromatic carbocycles. The van der Waals surface area contributed by atoms with Crippen molar-refractivity contribution in [2.45, 2.75) is 0 Å². The first-order valence-corrected chi connectivity index (χ1v) is 3.74. The number of hydrogen-bond donors (Lipinski definition) is 1. The third kappa shape index (κ3) is 1.97. The minimum atomic E-state index is -1.17. The van der Waals surface area contributed by atoms with Gasteiger partial charge in [-0.25, -0.2) is 0 Å². The van der Waals surface area contributed by atoms with E-state index in [1.165, 1.54) is 12.2 Å². The zero-order valence-electron chi connectivity index (χ0n) is 6.34. The zero-order valence-corrected chi connectivity index (χ0v) is 7.15. The molecule has 0 saturated heterocycles. The fraction of sp³-hybridized carbons (Fsp3) is 0.143. The van der Waals surface area contributed by atoms with E-state index in [4.69, 9.17) is 17.3 Å². The lowest BCUT2D eigenvalue weighted by Crippen LogP contribution is -2.22. The summed E-state index contributed by atoms with van der Waals surface area (Å²) >= 11 is 4.71. The van der Waals surface area contributed by atoms with Crippen LogP contribution >= 0.6 is 12.2 Å². The van der Waals surface area contributed by atoms with E-state index in [2.05, 4.69) is 0 Å². The summed E-state index contributed by atoms with van der Waals surface area (Å²) in [7, 11) is 0. The average molecular weight is 199 g/mol. The van der Waals surface area contributed by atoms with Crippen LogP contribution in [0.3, 0.4) is 0 Å². The van der Waals surface area contributed by atoms with Gasteiger partial charge < -0.3 is 5.11 Å². The van der Waals surface area contributed by atoms with Crippen LogP contribution in [0.15, 0.2) is 23.9 Å². The van der Waals surface area contributed by atoms with Crippen molar-refractivity contribution < 1.29 is 14.8 Å². The predicted octanol–water partition coefficient (Wildman–Crippen LogP) is 0.788. The summed E-state index contributed by atoms with van der Waals surface area (Å²) in [6.45, 7) is 0. The average Bonchev–Trinajstić information content (AvgIpc) is 2.04. The molecule has 0 aromatic heterocycles. The van der Waals surface area contributed by atoms with E-state index < -0.39 is 16.8 Å². The van der Waals surface area contributed by atoms with Gasteiger partial charge in [0.25, 0.3) is 5.70 Å². The molecule has 0 spiro atoms. The maximum atomic E-state index is 10.5. The molecule has 1 atom stereocenters. The number of thiocarbonyl (C=S) groups is 1. The zero-order chi connectivity index (χ0) is 10.0. The molecule has 0 saturated carbocycles. The number of nitrogens with zero attached hydrogens (tertiary/aromatic N) is 1. The van der Waals surface area contributed by atoms with Gasteiger partial charge in [0, 0.05) is 17.0 Å². The highest BCUT2D eigenvalue weighted by molar-refractivity contribution is 7.80. The van der Waals surface area contributed by atoms with Crippen LogP contribution in [0, 0.1) is 16.0 Å². The second-order valence-corrected chi connectivity index (χ2v) is 2.87. The molecule has 1 rings (SSSR count). The molecule has 0 aliphatic heterocycles. The van der Waals surface area contributed by atoms with E-state index >= 15 is 0 Å². The Balaban J connectivity index is 3.00. The van der Waals surface area contributed by atoms with Crippen molar-refractivity contribution >= 4 is 23.1 Å². The first kappa shape index (κ1) is 9.53. The number of aliphatic carboxylic acids is 1. The maximum absolute atomic E-state index is 10.5. The van der Waals surface area contributed by atoms with E-state index in [0.717, 1.165) is 6.08 Å². The third-order valence-electron chi connectivity index (χ3n) is 1.54. The minimum absolute atomic E-state index is 0.179. The summed E-state index contributed by atoms with van der Waals surface area (Å²) in [6, 6.07) is 0. The molecule has 1 aliphatic carbocycles. The van der Waals surface area contributed by atoms with Gasteiger partial charge in [-0.2, -0.15) is 0 Å². The topological polar surface area (TPSA) is 80.4 Å². The first-order valence-electron chi connectivity index (χ1n) is 3.33. The van der Waals surface area contributed by atoms with E-state index in [1.54, 1.807) is 0 Å². The number of allylic oxidation sites excluding steroid dienone is 2. The summed E-state index contributed by atoms with van der Waals surface area (Å²) in [5.41, 5.74) is -0.235. The predicted molar refractivity (Wildman–Crippen MR) is 47.9 cm³/mol. The van der Waals surface area contributed by atoms with Crippen molar-refractivity contribution in [1.82, 2.24) is 0 Å². The van der Waals surface area contributed by atoms with Gasteiger partial charge in [-0.15, -0.1) is 0 Å². The highest BCUT2D eigenvalue weighted by Gasteiger charge is 2.25. The SMILES string of the molecule is O=C(O)C1C=C([N+](=O)[O-])C=CC1=S. The van der Waals surface area contributed by atoms with Crippen molar-refractivity contribution in [3.05, 3.63) is 34.0 Å². The van der Waals surface area contributed by atoms with Crippen LogP contribution in [-0.2, 0) is 4.79 Å². The standard InChI is InChI=1S/C7H5NO4S/c9-7(10)5-3-4(8(11)12)1-2-6(5)13/h1-3,5H,(H,9,10). The van der Waals surface area contributed by atoms with Crippen molar-refractivity contribution in [2.75, 3.05) is 0 Å². The minimum Gasteiger partial charge on any atom is -0.481 e. The van der Waals surface area contributed by atoms with Gasteiger partial charge in [0.2, 0.25) is 0 Å². The Labute approximate surface area is 78.5 Å². The smallest absolute Gasteiger partial charge is 0.316 e. The Bertz CT molecular complexity index is 344. The molecule has 1 aliphatic rings. The van der Waals surface area contributed by atoms with Gasteiger partial charge in [0.1, 0.15) is 5.92 Å². The molecular formula is C7H5NO4S. The molecular weight excluding hydrogens is 194 g/mol. The Kier molecular flexibility index (Phi) is 2.52. The molecule has 0 bridgehead atoms. The van der Waals surface area contributed by atoms with Crippen LogP contribution in [0.5, 0.6) is 0 Å². The number of carboxylic acids is 1. The Hall–Kier alpha value is -1.56. The van der Waals surface area contributed by atoms with Gasteiger partial charge in [-0.05, 0) is 6.08 Å². The van der Waals surface area contributed by atoms with E-state index in [-0.39, 0.29) is 10.6 Å². The molecule has 0 heterocycles. The lowest BCUT2D eigenvalue weighted by Gasteiger charge is -2.08. The van der Waals surface area contributed by atoms with Crippen LogP contribution in [0.1, 0.15) is 0 Å². The van der Waals surface area contributed by atoms with Crippen molar-refractivity contribution in [1.29, 1.82) is 0 Å². The second-order valence-electron chi connectivity index (χ2n) is 2.40. The van der Waals surface area contributed by atoms with Gasteiger partial charge in [-0.3, -0.25) is 14.9 Å². The lowest BCUT2D eigenvalue weighted by atomic mass is 9.99. The molecule has 0 radical (unpaired) electrons. The molecule has 0 aromatic rings. The van der Waals surface area contributed by atoms with Crippen LogP contribution in [0.2, 0.25) is 0 Å². The summed E-state index contributed by atoms with van der Waals surface area (Å²) in [5, 5.41) is 18.9. The Morgan fingerprint density at radius 1 is 1.62 bits per heavy atom. The highest BCUT2D eigenvalue weighted by Crippen LogP contribution is 2.15. The largest absolute Gasteiger partial charge is 0.481 e. The summed E-state index contributed by atoms with van der Waals surface area (Å²) in [4.78, 5) is 20.4. The third-order valence-corrected chi connectivity index (χ3v) is 1.93. The van der Waals surface area contributed by atoms with Gasteiger partial charge in [-0.1, -0.05) is 12.2 Å². The molecule has 5 nitrogen and oxygen atoms in total. The molecule has 1 unspecified atom stereocenters. The van der Waals surface area contributed by atoms with Crippen molar-refractivity contribution in [3.8, 4) is 0 Å². The van der Waals surface area contributed by atoms with Crippen molar-refractivity contribution in [3.63, 3.8) is 0 Å². The van der Waals surface area contributed by atoms with Crippen molar-refractivity contribution in [2.24, 2.45) is 5.92 Å². The fourth-order valence-electron chi connectivity index (χ4n) is 0.894. The van der Waals surface area contributed by atoms with Crippen LogP contribution in [0.25, 0.3) is 0 Å². The normalized spacial score (nSPS) is 21.1. The number of carbonyl (C=O) groups is 1. The maximum Gasteiger partial charge on any atom is 0.316 e. The lowest BCUT2D eigenvalue weighted by molar-refractivity contribution is -0.419. The molecule has 13 heavy (non-hydrogen) atoms. The molecule has 1 N–H and O–H groups in total. The molecule has 0 fully saturated rings. The molecule has 6 heteroatoms. The fourth-order valence-corrected chi connectivity index (χ4v) is 1.13. The summed E-state index contributed by atoms with van der Waals surface area (Å²) in [5.74, 6) is -2.23.